The highest BCUT2D eigenvalue weighted by Crippen LogP contribution is 2.36. The summed E-state index contributed by atoms with van der Waals surface area (Å²) in [6.45, 7) is 1.96. The van der Waals surface area contributed by atoms with E-state index in [1.165, 1.54) is 5.01 Å². The van der Waals surface area contributed by atoms with Gasteiger partial charge in [-0.15, -0.1) is 0 Å². The lowest BCUT2D eigenvalue weighted by Gasteiger charge is -2.27. The van der Waals surface area contributed by atoms with E-state index in [1.807, 2.05) is 55.5 Å². The molecule has 1 aliphatic heterocycles. The number of rotatable bonds is 3. The van der Waals surface area contributed by atoms with Crippen molar-refractivity contribution in [2.24, 2.45) is 0 Å². The van der Waals surface area contributed by atoms with E-state index in [9.17, 15) is 14.4 Å². The number of benzene rings is 3. The molecule has 0 spiro atoms. The van der Waals surface area contributed by atoms with E-state index in [4.69, 9.17) is 4.98 Å². The molecule has 6 rings (SSSR count). The van der Waals surface area contributed by atoms with Crippen LogP contribution in [0, 0.1) is 6.92 Å². The van der Waals surface area contributed by atoms with Crippen molar-refractivity contribution < 1.29 is 14.4 Å². The first kappa shape index (κ1) is 20.9. The van der Waals surface area contributed by atoms with Gasteiger partial charge in [-0.1, -0.05) is 36.4 Å². The maximum absolute atomic E-state index is 13.3. The second-order valence-electron chi connectivity index (χ2n) is 8.52. The number of aromatic nitrogens is 2. The Morgan fingerprint density at radius 2 is 1.63 bits per heavy atom. The zero-order valence-electron chi connectivity index (χ0n) is 18.9. The van der Waals surface area contributed by atoms with Crippen molar-refractivity contribution in [3.05, 3.63) is 84.2 Å². The minimum absolute atomic E-state index is 0.158. The van der Waals surface area contributed by atoms with E-state index in [1.54, 1.807) is 24.3 Å². The van der Waals surface area contributed by atoms with Gasteiger partial charge in [0.05, 0.1) is 27.9 Å². The molecule has 3 aromatic carbocycles. The van der Waals surface area contributed by atoms with E-state index < -0.39 is 0 Å². The predicted molar refractivity (Wildman–Crippen MR) is 134 cm³/mol. The first-order chi connectivity index (χ1) is 17.0. The lowest BCUT2D eigenvalue weighted by molar-refractivity contribution is -0.130. The first-order valence-corrected chi connectivity index (χ1v) is 11.3. The minimum atomic E-state index is -0.276. The molecule has 2 aromatic heterocycles. The van der Waals surface area contributed by atoms with Crippen molar-refractivity contribution in [3.8, 4) is 0 Å². The summed E-state index contributed by atoms with van der Waals surface area (Å²) >= 11 is 0. The fraction of sp³-hybridized carbons (Fsp3) is 0.111. The molecule has 0 bridgehead atoms. The van der Waals surface area contributed by atoms with Crippen LogP contribution < -0.4 is 15.8 Å². The number of fused-ring (bicyclic) bond motifs is 5. The van der Waals surface area contributed by atoms with Gasteiger partial charge in [0.25, 0.3) is 5.91 Å². The van der Waals surface area contributed by atoms with E-state index >= 15 is 0 Å². The number of para-hydroxylation sites is 2. The van der Waals surface area contributed by atoms with Crippen LogP contribution in [-0.2, 0) is 9.59 Å². The Kier molecular flexibility index (Phi) is 4.74. The van der Waals surface area contributed by atoms with Crippen LogP contribution in [-0.4, -0.2) is 27.1 Å². The average molecular weight is 463 g/mol. The van der Waals surface area contributed by atoms with Crippen molar-refractivity contribution in [1.82, 2.24) is 14.8 Å². The zero-order chi connectivity index (χ0) is 24.1. The lowest BCUT2D eigenvalue weighted by atomic mass is 10.1. The molecule has 0 radical (unpaired) electrons. The zero-order valence-corrected chi connectivity index (χ0v) is 18.9. The molecular weight excluding hydrogens is 442 g/mol. The molecule has 5 aromatic rings. The van der Waals surface area contributed by atoms with Gasteiger partial charge in [0, 0.05) is 29.2 Å². The molecule has 2 N–H and O–H groups in total. The summed E-state index contributed by atoms with van der Waals surface area (Å²) in [5, 5.41) is 6.21. The van der Waals surface area contributed by atoms with Gasteiger partial charge in [0.15, 0.2) is 0 Å². The Labute approximate surface area is 200 Å². The number of nitrogens with zero attached hydrogens (tertiary/aromatic N) is 3. The van der Waals surface area contributed by atoms with Gasteiger partial charge in [-0.3, -0.25) is 24.2 Å². The molecule has 0 atom stereocenters. The summed E-state index contributed by atoms with van der Waals surface area (Å²) in [6, 6.07) is 22.4. The summed E-state index contributed by atoms with van der Waals surface area (Å²) in [5.41, 5.74) is 6.93. The van der Waals surface area contributed by atoms with Gasteiger partial charge >= 0.3 is 0 Å². The van der Waals surface area contributed by atoms with Gasteiger partial charge in [0.1, 0.15) is 5.82 Å². The number of carbonyl (C=O) groups excluding carboxylic acids is 3. The third-order valence-electron chi connectivity index (χ3n) is 6.32. The van der Waals surface area contributed by atoms with Crippen LogP contribution in [0.25, 0.3) is 27.3 Å². The summed E-state index contributed by atoms with van der Waals surface area (Å²) in [7, 11) is 0. The van der Waals surface area contributed by atoms with Crippen LogP contribution >= 0.6 is 0 Å². The quantitative estimate of drug-likeness (QED) is 0.416. The number of carbonyl (C=O) groups is 3. The number of hydrogen-bond acceptors (Lipinski definition) is 4. The van der Waals surface area contributed by atoms with Crippen LogP contribution in [0.4, 0.5) is 11.4 Å². The summed E-state index contributed by atoms with van der Waals surface area (Å²) in [5.74, 6) is 0.149. The predicted octanol–water partition coefficient (Wildman–Crippen LogP) is 4.36. The molecule has 3 heterocycles. The Bertz CT molecular complexity index is 1670. The Balaban J connectivity index is 1.42. The second-order valence-corrected chi connectivity index (χ2v) is 8.52. The highest BCUT2D eigenvalue weighted by molar-refractivity contribution is 6.18. The summed E-state index contributed by atoms with van der Waals surface area (Å²) < 4.78 is 2.07. The van der Waals surface area contributed by atoms with E-state index in [0.29, 0.717) is 11.3 Å². The topological polar surface area (TPSA) is 95.8 Å². The third-order valence-corrected chi connectivity index (χ3v) is 6.32. The molecule has 35 heavy (non-hydrogen) atoms. The largest absolute Gasteiger partial charge is 0.320 e. The van der Waals surface area contributed by atoms with E-state index in [0.717, 1.165) is 38.8 Å². The monoisotopic (exact) mass is 463 g/mol. The summed E-state index contributed by atoms with van der Waals surface area (Å²) in [4.78, 5) is 42.0. The Hall–Kier alpha value is -4.72. The number of anilines is 2. The first-order valence-electron chi connectivity index (χ1n) is 11.3. The highest BCUT2D eigenvalue weighted by Gasteiger charge is 2.25. The molecule has 172 valence electrons. The van der Waals surface area contributed by atoms with E-state index in [2.05, 4.69) is 15.1 Å². The van der Waals surface area contributed by atoms with Crippen molar-refractivity contribution in [3.63, 3.8) is 0 Å². The molecule has 0 unspecified atom stereocenters. The van der Waals surface area contributed by atoms with Gasteiger partial charge in [-0.25, -0.2) is 9.99 Å². The normalized spacial score (nSPS) is 14.0. The molecule has 1 saturated heterocycles. The molecule has 8 heteroatoms. The van der Waals surface area contributed by atoms with Crippen molar-refractivity contribution in [2.75, 3.05) is 10.3 Å². The molecule has 0 saturated carbocycles. The molecule has 1 fully saturated rings. The van der Waals surface area contributed by atoms with Crippen molar-refractivity contribution >= 4 is 56.4 Å². The molecule has 0 aliphatic carbocycles. The molecule has 1 aliphatic rings. The van der Waals surface area contributed by atoms with Gasteiger partial charge in [-0.2, -0.15) is 0 Å². The molecule has 3 amide bonds. The second kappa shape index (κ2) is 7.95. The fourth-order valence-corrected chi connectivity index (χ4v) is 4.68. The number of aryl methyl sites for hydroxylation is 1. The van der Waals surface area contributed by atoms with Crippen LogP contribution in [0.3, 0.4) is 0 Å². The maximum Gasteiger partial charge on any atom is 0.255 e. The van der Waals surface area contributed by atoms with E-state index in [-0.39, 0.29) is 30.6 Å². The highest BCUT2D eigenvalue weighted by atomic mass is 16.2. The minimum Gasteiger partial charge on any atom is -0.320 e. The van der Waals surface area contributed by atoms with Crippen molar-refractivity contribution in [1.29, 1.82) is 0 Å². The SMILES string of the molecule is Cc1nc2ccccc2c2c(NC(=O)c3ccc(N4NC(=O)CCC4=O)cc3)c3ccccc3n12. The average Bonchev–Trinajstić information content (AvgIpc) is 3.21. The number of amides is 3. The van der Waals surface area contributed by atoms with Gasteiger partial charge in [0.2, 0.25) is 11.8 Å². The van der Waals surface area contributed by atoms with Gasteiger partial charge < -0.3 is 5.32 Å². The van der Waals surface area contributed by atoms with Gasteiger partial charge in [-0.05, 0) is 43.3 Å². The standard InChI is InChI=1S/C27H21N5O3/c1-16-28-21-8-4-2-6-19(21)26-25(20-7-3-5-9-22(20)31(16)26)29-27(35)17-10-12-18(13-11-17)32-24(34)15-14-23(33)30-32/h2-13H,14-15H2,1H3,(H,29,35)(H,30,33). The van der Waals surface area contributed by atoms with Crippen LogP contribution in [0.5, 0.6) is 0 Å². The molecular formula is C27H21N5O3. The summed E-state index contributed by atoms with van der Waals surface area (Å²) in [6.07, 6.45) is 0.337. The Morgan fingerprint density at radius 3 is 2.43 bits per heavy atom. The molecule has 8 nitrogen and oxygen atoms in total. The number of nitrogens with one attached hydrogen (secondary N) is 2. The van der Waals surface area contributed by atoms with Crippen LogP contribution in [0.15, 0.2) is 72.8 Å². The van der Waals surface area contributed by atoms with Crippen LogP contribution in [0.1, 0.15) is 29.0 Å². The fourth-order valence-electron chi connectivity index (χ4n) is 4.68. The Morgan fingerprint density at radius 1 is 0.914 bits per heavy atom. The lowest BCUT2D eigenvalue weighted by Crippen LogP contribution is -2.50. The smallest absolute Gasteiger partial charge is 0.255 e. The van der Waals surface area contributed by atoms with Crippen LogP contribution in [0.2, 0.25) is 0 Å². The number of hydrazine groups is 1. The maximum atomic E-state index is 13.3. The number of hydrogen-bond donors (Lipinski definition) is 2. The van der Waals surface area contributed by atoms with Crippen molar-refractivity contribution in [2.45, 2.75) is 19.8 Å². The third kappa shape index (κ3) is 3.38.